The van der Waals surface area contributed by atoms with Gasteiger partial charge < -0.3 is 14.8 Å². The zero-order chi connectivity index (χ0) is 21.6. The lowest BCUT2D eigenvalue weighted by molar-refractivity contribution is 0.178. The number of rotatable bonds is 8. The Morgan fingerprint density at radius 2 is 2.16 bits per heavy atom. The van der Waals surface area contributed by atoms with Crippen LogP contribution < -0.4 is 14.8 Å². The first-order valence-corrected chi connectivity index (χ1v) is 10.3. The smallest absolute Gasteiger partial charge is 0.158 e. The highest BCUT2D eigenvalue weighted by atomic mass is 16.5. The lowest BCUT2D eigenvalue weighted by atomic mass is 10.1. The van der Waals surface area contributed by atoms with Crippen LogP contribution in [0.3, 0.4) is 0 Å². The summed E-state index contributed by atoms with van der Waals surface area (Å²) in [6.45, 7) is 5.08. The zero-order valence-electron chi connectivity index (χ0n) is 17.6. The molecule has 0 aliphatic carbocycles. The van der Waals surface area contributed by atoms with E-state index in [1.54, 1.807) is 7.11 Å². The average molecular weight is 419 g/mol. The molecule has 9 heteroatoms. The molecular formula is C22H25N7O2. The normalized spacial score (nSPS) is 16.1. The number of anilines is 2. The van der Waals surface area contributed by atoms with Crippen LogP contribution in [0.2, 0.25) is 0 Å². The van der Waals surface area contributed by atoms with Gasteiger partial charge in [0.2, 0.25) is 0 Å². The monoisotopic (exact) mass is 419 g/mol. The number of ether oxygens (including phenoxy) is 2. The number of hydrogen-bond acceptors (Lipinski definition) is 8. The highest BCUT2D eigenvalue weighted by Gasteiger charge is 2.23. The van der Waals surface area contributed by atoms with Gasteiger partial charge in [-0.05, 0) is 38.1 Å². The van der Waals surface area contributed by atoms with Crippen molar-refractivity contribution in [2.24, 2.45) is 0 Å². The average Bonchev–Trinajstić information content (AvgIpc) is 3.47. The van der Waals surface area contributed by atoms with Crippen LogP contribution in [-0.4, -0.2) is 57.9 Å². The first kappa shape index (κ1) is 20.6. The van der Waals surface area contributed by atoms with Crippen molar-refractivity contribution >= 4 is 11.6 Å². The highest BCUT2D eigenvalue weighted by Crippen LogP contribution is 2.33. The van der Waals surface area contributed by atoms with Crippen molar-refractivity contribution in [1.29, 1.82) is 5.26 Å². The lowest BCUT2D eigenvalue weighted by Gasteiger charge is -2.23. The molecule has 4 rings (SSSR count). The van der Waals surface area contributed by atoms with E-state index in [-0.39, 0.29) is 5.69 Å². The summed E-state index contributed by atoms with van der Waals surface area (Å²) in [5, 5.41) is 19.2. The minimum absolute atomic E-state index is 0.260. The molecule has 0 amide bonds. The number of hydrogen-bond donors (Lipinski definition) is 2. The van der Waals surface area contributed by atoms with Crippen LogP contribution >= 0.6 is 0 Å². The van der Waals surface area contributed by atoms with Crippen molar-refractivity contribution in [3.05, 3.63) is 42.4 Å². The topological polar surface area (TPSA) is 112 Å². The van der Waals surface area contributed by atoms with Crippen molar-refractivity contribution in [3.8, 4) is 28.8 Å². The van der Waals surface area contributed by atoms with Crippen molar-refractivity contribution < 1.29 is 9.47 Å². The molecule has 2 aromatic heterocycles. The maximum Gasteiger partial charge on any atom is 0.158 e. The van der Waals surface area contributed by atoms with Crippen LogP contribution in [0.4, 0.5) is 11.6 Å². The lowest BCUT2D eigenvalue weighted by Crippen LogP contribution is -2.33. The van der Waals surface area contributed by atoms with Gasteiger partial charge in [-0.15, -0.1) is 0 Å². The Bertz CT molecular complexity index is 1060. The van der Waals surface area contributed by atoms with Gasteiger partial charge in [0.05, 0.1) is 25.2 Å². The SMILES string of the molecule is CCN1CCC[C@H]1COc1ccc(-c2cc(Nc3cnc(C#N)cn3)n[nH]2)c(OC)c1. The predicted molar refractivity (Wildman–Crippen MR) is 116 cm³/mol. The van der Waals surface area contributed by atoms with E-state index in [1.165, 1.54) is 25.2 Å². The summed E-state index contributed by atoms with van der Waals surface area (Å²) in [6, 6.07) is 10.1. The standard InChI is InChI=1S/C22H25N7O2/c1-3-29-8-4-5-16(29)14-31-17-6-7-18(20(9-17)30-2)19-10-21(28-27-19)26-22-13-24-15(11-23)12-25-22/h6-7,9-10,12-13,16H,3-5,8,14H2,1-2H3,(H2,25,26,27,28)/t16-/m0/s1. The number of nitrogens with one attached hydrogen (secondary N) is 2. The molecule has 1 atom stereocenters. The number of likely N-dealkylation sites (tertiary alicyclic amines) is 1. The van der Waals surface area contributed by atoms with Gasteiger partial charge >= 0.3 is 0 Å². The number of methoxy groups -OCH3 is 1. The number of aromatic nitrogens is 4. The van der Waals surface area contributed by atoms with Gasteiger partial charge in [0.1, 0.15) is 30.0 Å². The number of likely N-dealkylation sites (N-methyl/N-ethyl adjacent to an activating group) is 1. The molecule has 3 aromatic rings. The van der Waals surface area contributed by atoms with Crippen LogP contribution in [-0.2, 0) is 0 Å². The number of nitrogens with zero attached hydrogens (tertiary/aromatic N) is 5. The third kappa shape index (κ3) is 4.75. The molecule has 1 fully saturated rings. The van der Waals surface area contributed by atoms with E-state index in [1.807, 2.05) is 30.3 Å². The molecule has 31 heavy (non-hydrogen) atoms. The number of nitriles is 1. The quantitative estimate of drug-likeness (QED) is 0.572. The summed E-state index contributed by atoms with van der Waals surface area (Å²) < 4.78 is 11.7. The fourth-order valence-electron chi connectivity index (χ4n) is 3.78. The second-order valence-corrected chi connectivity index (χ2v) is 7.29. The van der Waals surface area contributed by atoms with Crippen LogP contribution in [0.5, 0.6) is 11.5 Å². The van der Waals surface area contributed by atoms with Crippen LogP contribution in [0.1, 0.15) is 25.5 Å². The number of benzene rings is 1. The van der Waals surface area contributed by atoms with Crippen molar-refractivity contribution in [3.63, 3.8) is 0 Å². The molecule has 2 N–H and O–H groups in total. The summed E-state index contributed by atoms with van der Waals surface area (Å²) in [7, 11) is 1.64. The molecule has 1 aliphatic heterocycles. The largest absolute Gasteiger partial charge is 0.496 e. The number of aromatic amines is 1. The molecule has 9 nitrogen and oxygen atoms in total. The third-order valence-corrected chi connectivity index (χ3v) is 5.41. The highest BCUT2D eigenvalue weighted by molar-refractivity contribution is 5.71. The van der Waals surface area contributed by atoms with E-state index in [4.69, 9.17) is 14.7 Å². The van der Waals surface area contributed by atoms with E-state index in [0.29, 0.717) is 30.0 Å². The molecule has 0 unspecified atom stereocenters. The van der Waals surface area contributed by atoms with Gasteiger partial charge in [-0.2, -0.15) is 10.4 Å². The molecule has 0 radical (unpaired) electrons. The summed E-state index contributed by atoms with van der Waals surface area (Å²) in [5.41, 5.74) is 1.92. The summed E-state index contributed by atoms with van der Waals surface area (Å²) in [4.78, 5) is 10.6. The van der Waals surface area contributed by atoms with Gasteiger partial charge in [-0.1, -0.05) is 6.92 Å². The van der Waals surface area contributed by atoms with E-state index in [2.05, 4.69) is 37.3 Å². The molecule has 1 aromatic carbocycles. The van der Waals surface area contributed by atoms with Gasteiger partial charge in [-0.3, -0.25) is 10.00 Å². The van der Waals surface area contributed by atoms with E-state index in [0.717, 1.165) is 30.1 Å². The van der Waals surface area contributed by atoms with Crippen LogP contribution in [0.15, 0.2) is 36.7 Å². The molecule has 160 valence electrons. The molecule has 1 aliphatic rings. The van der Waals surface area contributed by atoms with E-state index in [9.17, 15) is 0 Å². The maximum atomic E-state index is 8.82. The summed E-state index contributed by atoms with van der Waals surface area (Å²) in [6.07, 6.45) is 5.30. The predicted octanol–water partition coefficient (Wildman–Crippen LogP) is 3.35. The summed E-state index contributed by atoms with van der Waals surface area (Å²) >= 11 is 0. The zero-order valence-corrected chi connectivity index (χ0v) is 17.6. The fourth-order valence-corrected chi connectivity index (χ4v) is 3.78. The Morgan fingerprint density at radius 3 is 2.90 bits per heavy atom. The first-order chi connectivity index (χ1) is 15.2. The van der Waals surface area contributed by atoms with E-state index >= 15 is 0 Å². The Kier molecular flexibility index (Phi) is 6.29. The van der Waals surface area contributed by atoms with E-state index < -0.39 is 0 Å². The molecule has 0 saturated carbocycles. The van der Waals surface area contributed by atoms with Crippen molar-refractivity contribution in [1.82, 2.24) is 25.1 Å². The van der Waals surface area contributed by atoms with Gasteiger partial charge in [-0.25, -0.2) is 9.97 Å². The Morgan fingerprint density at radius 1 is 1.26 bits per heavy atom. The van der Waals surface area contributed by atoms with Gasteiger partial charge in [0, 0.05) is 23.7 Å². The molecule has 1 saturated heterocycles. The Balaban J connectivity index is 1.45. The maximum absolute atomic E-state index is 8.82. The fraction of sp³-hybridized carbons (Fsp3) is 0.364. The van der Waals surface area contributed by atoms with Crippen molar-refractivity contribution in [2.75, 3.05) is 32.1 Å². The summed E-state index contributed by atoms with van der Waals surface area (Å²) in [5.74, 6) is 2.57. The molecule has 3 heterocycles. The molecule has 0 bridgehead atoms. The van der Waals surface area contributed by atoms with Gasteiger partial charge in [0.15, 0.2) is 11.5 Å². The Hall–Kier alpha value is -3.64. The molecule has 0 spiro atoms. The van der Waals surface area contributed by atoms with Gasteiger partial charge in [0.25, 0.3) is 0 Å². The van der Waals surface area contributed by atoms with Crippen LogP contribution in [0.25, 0.3) is 11.3 Å². The first-order valence-electron chi connectivity index (χ1n) is 10.3. The molecular weight excluding hydrogens is 394 g/mol. The number of H-pyrrole nitrogens is 1. The minimum atomic E-state index is 0.260. The Labute approximate surface area is 181 Å². The third-order valence-electron chi connectivity index (χ3n) is 5.41. The second-order valence-electron chi connectivity index (χ2n) is 7.29. The minimum Gasteiger partial charge on any atom is -0.496 e. The van der Waals surface area contributed by atoms with Crippen LogP contribution in [0, 0.1) is 11.3 Å². The second kappa shape index (κ2) is 9.45. The van der Waals surface area contributed by atoms with Crippen molar-refractivity contribution in [2.45, 2.75) is 25.8 Å².